The average molecular weight is 620 g/mol. The molecule has 4 aromatic rings. The minimum atomic E-state index is -0.645. The highest BCUT2D eigenvalue weighted by atomic mass is 32.2. The molecule has 0 bridgehead atoms. The first-order chi connectivity index (χ1) is 20.0. The molecule has 1 saturated heterocycles. The number of rotatable bonds is 9. The van der Waals surface area contributed by atoms with Gasteiger partial charge in [0.25, 0.3) is 5.91 Å². The lowest BCUT2D eigenvalue weighted by Crippen LogP contribution is -2.70. The number of β-lactam (4-membered cyclic amide) rings is 1. The zero-order valence-corrected chi connectivity index (χ0v) is 25.1. The molecule has 0 spiro atoms. The van der Waals surface area contributed by atoms with Gasteiger partial charge in [-0.25, -0.2) is 0 Å². The third-order valence-corrected chi connectivity index (χ3v) is 10.2. The van der Waals surface area contributed by atoms with Crippen molar-refractivity contribution in [1.82, 2.24) is 20.4 Å². The van der Waals surface area contributed by atoms with Gasteiger partial charge in [-0.1, -0.05) is 78.1 Å². The second-order valence-corrected chi connectivity index (χ2v) is 12.8. The number of benzene rings is 2. The highest BCUT2D eigenvalue weighted by Crippen LogP contribution is 2.45. The lowest BCUT2D eigenvalue weighted by Gasteiger charge is -2.50. The van der Waals surface area contributed by atoms with Gasteiger partial charge in [0.2, 0.25) is 16.1 Å². The van der Waals surface area contributed by atoms with Crippen LogP contribution in [0.4, 0.5) is 5.13 Å². The van der Waals surface area contributed by atoms with E-state index in [1.54, 1.807) is 23.7 Å². The number of thiophene rings is 1. The van der Waals surface area contributed by atoms with E-state index in [0.717, 1.165) is 21.6 Å². The molecular weight excluding hydrogens is 595 g/mol. The van der Waals surface area contributed by atoms with Gasteiger partial charge in [-0.05, 0) is 34.8 Å². The Balaban J connectivity index is 1.32. The third-order valence-electron chi connectivity index (χ3n) is 6.72. The first kappa shape index (κ1) is 27.6. The normalized spacial score (nSPS) is 18.1. The first-order valence-corrected chi connectivity index (χ1v) is 16.0. The Labute approximate surface area is 254 Å². The molecule has 2 aromatic heterocycles. The Hall–Kier alpha value is -3.58. The maximum absolute atomic E-state index is 13.6. The van der Waals surface area contributed by atoms with Crippen LogP contribution in [0.2, 0.25) is 0 Å². The number of carbonyl (C=O) groups excluding carboxylic acids is 2. The summed E-state index contributed by atoms with van der Waals surface area (Å²) in [6, 6.07) is 22.9. The molecule has 1 fully saturated rings. The summed E-state index contributed by atoms with van der Waals surface area (Å²) < 4.78 is 6.56. The molecule has 0 saturated carbocycles. The van der Waals surface area contributed by atoms with Crippen LogP contribution in [0.25, 0.3) is 5.57 Å². The number of hydrogen-bond acceptors (Lipinski definition) is 10. The zero-order chi connectivity index (χ0) is 28.3. The molecule has 4 heterocycles. The van der Waals surface area contributed by atoms with E-state index in [4.69, 9.17) is 17.0 Å². The van der Waals surface area contributed by atoms with Crippen LogP contribution in [0, 0.1) is 0 Å². The Bertz CT molecular complexity index is 1550. The fraction of sp³-hybridized carbons (Fsp3) is 0.207. The van der Waals surface area contributed by atoms with Crippen molar-refractivity contribution in [2.75, 3.05) is 18.1 Å². The summed E-state index contributed by atoms with van der Waals surface area (Å²) in [6.45, 7) is 0. The second kappa shape index (κ2) is 12.1. The summed E-state index contributed by atoms with van der Waals surface area (Å²) in [6.07, 6.45) is -0.242. The van der Waals surface area contributed by atoms with Gasteiger partial charge < -0.3 is 15.4 Å². The number of amides is 2. The molecule has 2 amide bonds. The van der Waals surface area contributed by atoms with Crippen LogP contribution in [0.5, 0.6) is 0 Å². The lowest BCUT2D eigenvalue weighted by atomic mass is 10.0. The molecule has 41 heavy (non-hydrogen) atoms. The molecular formula is C29H25N5O3S4. The Kier molecular flexibility index (Phi) is 8.15. The second-order valence-electron chi connectivity index (χ2n) is 9.31. The van der Waals surface area contributed by atoms with E-state index >= 15 is 0 Å². The van der Waals surface area contributed by atoms with Gasteiger partial charge in [0.15, 0.2) is 0 Å². The van der Waals surface area contributed by atoms with Gasteiger partial charge in [-0.15, -0.1) is 33.3 Å². The third kappa shape index (κ3) is 5.65. The summed E-state index contributed by atoms with van der Waals surface area (Å²) in [7, 11) is 1.78. The van der Waals surface area contributed by atoms with Crippen LogP contribution in [0.3, 0.4) is 0 Å². The summed E-state index contributed by atoms with van der Waals surface area (Å²) >= 11 is 10.4. The minimum absolute atomic E-state index is 0.183. The molecule has 2 aliphatic rings. The van der Waals surface area contributed by atoms with Gasteiger partial charge in [0.1, 0.15) is 28.2 Å². The molecule has 2 N–H and O–H groups in total. The number of hydrogen-bond donors (Lipinski definition) is 2. The maximum atomic E-state index is 13.6. The van der Waals surface area contributed by atoms with E-state index in [1.165, 1.54) is 22.7 Å². The van der Waals surface area contributed by atoms with Crippen LogP contribution in [-0.2, 0) is 20.7 Å². The summed E-state index contributed by atoms with van der Waals surface area (Å²) in [5, 5.41) is 17.7. The fourth-order valence-electron chi connectivity index (χ4n) is 4.76. The molecule has 2 atom stereocenters. The van der Waals surface area contributed by atoms with Crippen LogP contribution in [0.15, 0.2) is 83.9 Å². The van der Waals surface area contributed by atoms with E-state index in [1.807, 2.05) is 78.2 Å². The topological polar surface area (TPSA) is 96.5 Å². The molecule has 6 rings (SSSR count). The number of aromatic nitrogens is 2. The minimum Gasteiger partial charge on any atom is -0.469 e. The van der Waals surface area contributed by atoms with Crippen molar-refractivity contribution in [3.8, 4) is 0 Å². The molecule has 2 aromatic carbocycles. The van der Waals surface area contributed by atoms with Crippen molar-refractivity contribution >= 4 is 74.2 Å². The molecule has 0 aliphatic carbocycles. The van der Waals surface area contributed by atoms with E-state index in [0.29, 0.717) is 21.6 Å². The van der Waals surface area contributed by atoms with Crippen LogP contribution >= 0.6 is 46.7 Å². The van der Waals surface area contributed by atoms with Crippen LogP contribution < -0.4 is 10.6 Å². The molecule has 12 heteroatoms. The van der Waals surface area contributed by atoms with Crippen LogP contribution in [0.1, 0.15) is 27.1 Å². The van der Waals surface area contributed by atoms with Crippen molar-refractivity contribution in [2.45, 2.75) is 23.9 Å². The van der Waals surface area contributed by atoms with Gasteiger partial charge >= 0.3 is 0 Å². The number of nitrogens with zero attached hydrogens (tertiary/aromatic N) is 3. The summed E-state index contributed by atoms with van der Waals surface area (Å²) in [5.74, 6) is 0.122. The number of thiocarbonyl (C=S) groups is 1. The Morgan fingerprint density at radius 2 is 1.78 bits per heavy atom. The summed E-state index contributed by atoms with van der Waals surface area (Å²) in [4.78, 5) is 29.0. The number of nitrogens with one attached hydrogen (secondary N) is 2. The number of ether oxygens (including phenoxy) is 1. The highest BCUT2D eigenvalue weighted by Gasteiger charge is 2.54. The van der Waals surface area contributed by atoms with Gasteiger partial charge in [0, 0.05) is 23.3 Å². The SMILES string of the molecule is CNc1nnc(C2=C(C(=S)OC(c3ccccc3)c3ccccc3)N3C(=O)[C@@H](NC(=O)Cc4cccs4)[C@H]3SC2)s1. The number of carbonyl (C=O) groups is 2. The van der Waals surface area contributed by atoms with E-state index in [-0.39, 0.29) is 28.7 Å². The number of fused-ring (bicyclic) bond motifs is 1. The van der Waals surface area contributed by atoms with Gasteiger partial charge in [0.05, 0.1) is 6.42 Å². The molecule has 208 valence electrons. The molecule has 0 radical (unpaired) electrons. The van der Waals surface area contributed by atoms with Crippen molar-refractivity contribution in [2.24, 2.45) is 0 Å². The predicted octanol–water partition coefficient (Wildman–Crippen LogP) is 5.13. The predicted molar refractivity (Wildman–Crippen MR) is 168 cm³/mol. The molecule has 0 unspecified atom stereocenters. The van der Waals surface area contributed by atoms with Crippen molar-refractivity contribution < 1.29 is 14.3 Å². The number of thioether (sulfide) groups is 1. The standard InChI is InChI=1S/C29H25N5O3S4/c1-30-29-33-32-25(41-29)20-16-40-27-22(31-21(35)15-19-13-8-14-39-19)26(36)34(27)23(20)28(38)37-24(17-9-4-2-5-10-17)18-11-6-3-7-12-18/h2-14,22,24,27H,15-16H2,1H3,(H,30,33)(H,31,35)/t22-,27-/m1/s1. The monoisotopic (exact) mass is 619 g/mol. The zero-order valence-electron chi connectivity index (χ0n) is 21.9. The highest BCUT2D eigenvalue weighted by molar-refractivity contribution is 8.00. The van der Waals surface area contributed by atoms with Crippen molar-refractivity contribution in [3.63, 3.8) is 0 Å². The Morgan fingerprint density at radius 3 is 2.39 bits per heavy atom. The summed E-state index contributed by atoms with van der Waals surface area (Å²) in [5.41, 5.74) is 3.17. The average Bonchev–Trinajstić information content (AvgIpc) is 3.71. The van der Waals surface area contributed by atoms with Crippen molar-refractivity contribution in [3.05, 3.63) is 105 Å². The quantitative estimate of drug-likeness (QED) is 0.197. The molecule has 8 nitrogen and oxygen atoms in total. The smallest absolute Gasteiger partial charge is 0.253 e. The largest absolute Gasteiger partial charge is 0.469 e. The fourth-order valence-corrected chi connectivity index (χ4v) is 7.96. The first-order valence-electron chi connectivity index (χ1n) is 12.9. The maximum Gasteiger partial charge on any atom is 0.253 e. The van der Waals surface area contributed by atoms with Gasteiger partial charge in [-0.3, -0.25) is 14.5 Å². The van der Waals surface area contributed by atoms with Gasteiger partial charge in [-0.2, -0.15) is 0 Å². The van der Waals surface area contributed by atoms with E-state index in [2.05, 4.69) is 20.8 Å². The van der Waals surface area contributed by atoms with E-state index in [9.17, 15) is 9.59 Å². The Morgan fingerprint density at radius 1 is 1.07 bits per heavy atom. The lowest BCUT2D eigenvalue weighted by molar-refractivity contribution is -0.145. The van der Waals surface area contributed by atoms with Crippen molar-refractivity contribution in [1.29, 1.82) is 0 Å². The number of anilines is 1. The molecule has 2 aliphatic heterocycles. The van der Waals surface area contributed by atoms with E-state index < -0.39 is 12.1 Å². The van der Waals surface area contributed by atoms with Crippen LogP contribution in [-0.4, -0.2) is 56.2 Å².